The summed E-state index contributed by atoms with van der Waals surface area (Å²) in [6.07, 6.45) is 4.12. The Morgan fingerprint density at radius 1 is 1.18 bits per heavy atom. The molecular formula is C20H25N3O4S. The number of aromatic nitrogens is 2. The molecule has 7 nitrogen and oxygen atoms in total. The molecule has 28 heavy (non-hydrogen) atoms. The van der Waals surface area contributed by atoms with E-state index >= 15 is 0 Å². The Morgan fingerprint density at radius 3 is 2.68 bits per heavy atom. The number of fused-ring (bicyclic) bond motifs is 1. The van der Waals surface area contributed by atoms with Crippen LogP contribution in [0.1, 0.15) is 25.7 Å². The fraction of sp³-hybridized carbons (Fsp3) is 0.550. The monoisotopic (exact) mass is 403 g/mol. The Balaban J connectivity index is 1.49. The third-order valence-corrected chi connectivity index (χ3v) is 6.10. The number of amides is 1. The highest BCUT2D eigenvalue weighted by atomic mass is 32.2. The molecule has 0 spiro atoms. The molecule has 2 fully saturated rings. The summed E-state index contributed by atoms with van der Waals surface area (Å²) in [5.74, 6) is 0.134. The lowest BCUT2D eigenvalue weighted by atomic mass is 10.2. The number of para-hydroxylation sites is 1. The smallest absolute Gasteiger partial charge is 0.262 e. The molecule has 2 aliphatic heterocycles. The van der Waals surface area contributed by atoms with Gasteiger partial charge in [0.1, 0.15) is 0 Å². The third kappa shape index (κ3) is 4.56. The number of thioether (sulfide) groups is 1. The second kappa shape index (κ2) is 9.07. The maximum Gasteiger partial charge on any atom is 0.262 e. The maximum absolute atomic E-state index is 13.0. The summed E-state index contributed by atoms with van der Waals surface area (Å²) >= 11 is 1.29. The quantitative estimate of drug-likeness (QED) is 0.562. The predicted molar refractivity (Wildman–Crippen MR) is 108 cm³/mol. The normalized spacial score (nSPS) is 22.0. The van der Waals surface area contributed by atoms with Crippen molar-refractivity contribution in [3.63, 3.8) is 0 Å². The van der Waals surface area contributed by atoms with Crippen LogP contribution < -0.4 is 10.9 Å². The van der Waals surface area contributed by atoms with Crippen molar-refractivity contribution in [3.05, 3.63) is 34.6 Å². The van der Waals surface area contributed by atoms with Gasteiger partial charge < -0.3 is 14.8 Å². The number of benzene rings is 1. The van der Waals surface area contributed by atoms with Crippen LogP contribution in [0.15, 0.2) is 34.2 Å². The number of carbonyl (C=O) groups excluding carboxylic acids is 1. The lowest BCUT2D eigenvalue weighted by molar-refractivity contribution is -0.119. The van der Waals surface area contributed by atoms with Gasteiger partial charge in [-0.05, 0) is 37.8 Å². The Kier molecular flexibility index (Phi) is 6.29. The lowest BCUT2D eigenvalue weighted by Crippen LogP contribution is -2.33. The van der Waals surface area contributed by atoms with Crippen LogP contribution in [-0.2, 0) is 20.8 Å². The zero-order valence-corrected chi connectivity index (χ0v) is 16.6. The first kappa shape index (κ1) is 19.4. The van der Waals surface area contributed by atoms with Crippen LogP contribution >= 0.6 is 11.8 Å². The number of ether oxygens (including phenoxy) is 2. The van der Waals surface area contributed by atoms with E-state index in [9.17, 15) is 9.59 Å². The molecule has 1 aromatic carbocycles. The van der Waals surface area contributed by atoms with Gasteiger partial charge in [-0.1, -0.05) is 23.9 Å². The molecule has 0 saturated carbocycles. The van der Waals surface area contributed by atoms with E-state index in [1.807, 2.05) is 18.2 Å². The minimum absolute atomic E-state index is 0.0216. The van der Waals surface area contributed by atoms with Gasteiger partial charge in [0.2, 0.25) is 5.91 Å². The molecule has 2 atom stereocenters. The van der Waals surface area contributed by atoms with Gasteiger partial charge in [-0.2, -0.15) is 0 Å². The molecule has 0 unspecified atom stereocenters. The Bertz CT molecular complexity index is 889. The summed E-state index contributed by atoms with van der Waals surface area (Å²) < 4.78 is 12.9. The van der Waals surface area contributed by atoms with Gasteiger partial charge in [0.15, 0.2) is 5.16 Å². The molecule has 1 N–H and O–H groups in total. The number of hydrogen-bond acceptors (Lipinski definition) is 6. The number of nitrogens with zero attached hydrogens (tertiary/aromatic N) is 2. The van der Waals surface area contributed by atoms with Gasteiger partial charge in [-0.15, -0.1) is 0 Å². The molecule has 1 aromatic heterocycles. The summed E-state index contributed by atoms with van der Waals surface area (Å²) in [5, 5.41) is 4.07. The Morgan fingerprint density at radius 2 is 1.93 bits per heavy atom. The van der Waals surface area contributed by atoms with Crippen LogP contribution in [0, 0.1) is 0 Å². The molecule has 1 amide bonds. The van der Waals surface area contributed by atoms with E-state index in [1.54, 1.807) is 10.6 Å². The lowest BCUT2D eigenvalue weighted by Gasteiger charge is -2.16. The fourth-order valence-electron chi connectivity index (χ4n) is 3.62. The first-order chi connectivity index (χ1) is 13.7. The molecule has 150 valence electrons. The molecule has 2 saturated heterocycles. The van der Waals surface area contributed by atoms with Crippen LogP contribution in [0.3, 0.4) is 0 Å². The third-order valence-electron chi connectivity index (χ3n) is 5.12. The number of hydrogen-bond donors (Lipinski definition) is 1. The standard InChI is InChI=1S/C20H25N3O4S/c24-18(21-11-14-5-3-9-26-14)13-28-20-22-17-8-2-1-7-16(17)19(25)23(20)12-15-6-4-10-27-15/h1-2,7-8,14-15H,3-6,9-13H2,(H,21,24)/t14-,15+/m0/s1. The van der Waals surface area contributed by atoms with Gasteiger partial charge >= 0.3 is 0 Å². The molecule has 8 heteroatoms. The molecule has 2 aromatic rings. The van der Waals surface area contributed by atoms with Crippen molar-refractivity contribution in [2.75, 3.05) is 25.5 Å². The van der Waals surface area contributed by atoms with E-state index < -0.39 is 0 Å². The summed E-state index contributed by atoms with van der Waals surface area (Å²) in [5.41, 5.74) is 0.571. The highest BCUT2D eigenvalue weighted by Gasteiger charge is 2.21. The van der Waals surface area contributed by atoms with E-state index in [-0.39, 0.29) is 29.4 Å². The van der Waals surface area contributed by atoms with E-state index in [0.29, 0.717) is 29.1 Å². The summed E-state index contributed by atoms with van der Waals surface area (Å²) in [6.45, 7) is 2.50. The van der Waals surface area contributed by atoms with Crippen LogP contribution in [-0.4, -0.2) is 53.2 Å². The zero-order valence-electron chi connectivity index (χ0n) is 15.8. The zero-order chi connectivity index (χ0) is 19.3. The number of nitrogens with one attached hydrogen (secondary N) is 1. The fourth-order valence-corrected chi connectivity index (χ4v) is 4.46. The molecule has 0 aliphatic carbocycles. The van der Waals surface area contributed by atoms with E-state index in [4.69, 9.17) is 9.47 Å². The molecule has 4 rings (SSSR count). The van der Waals surface area contributed by atoms with Crippen LogP contribution in [0.2, 0.25) is 0 Å². The van der Waals surface area contributed by atoms with Gasteiger partial charge in [-0.25, -0.2) is 4.98 Å². The van der Waals surface area contributed by atoms with Crippen molar-refractivity contribution in [2.24, 2.45) is 0 Å². The molecule has 3 heterocycles. The predicted octanol–water partition coefficient (Wildman–Crippen LogP) is 1.96. The number of rotatable bonds is 7. The van der Waals surface area contributed by atoms with E-state index in [1.165, 1.54) is 11.8 Å². The Labute approximate surface area is 167 Å². The second-order valence-corrected chi connectivity index (χ2v) is 8.13. The minimum atomic E-state index is -0.0802. The summed E-state index contributed by atoms with van der Waals surface area (Å²) in [6, 6.07) is 7.32. The molecule has 0 bridgehead atoms. The van der Waals surface area contributed by atoms with Gasteiger partial charge in [-0.3, -0.25) is 14.2 Å². The highest BCUT2D eigenvalue weighted by Crippen LogP contribution is 2.21. The summed E-state index contributed by atoms with van der Waals surface area (Å²) in [4.78, 5) is 29.9. The average molecular weight is 404 g/mol. The van der Waals surface area contributed by atoms with E-state index in [0.717, 1.165) is 38.9 Å². The summed E-state index contributed by atoms with van der Waals surface area (Å²) in [7, 11) is 0. The van der Waals surface area contributed by atoms with Crippen molar-refractivity contribution in [3.8, 4) is 0 Å². The first-order valence-corrected chi connectivity index (χ1v) is 10.8. The van der Waals surface area contributed by atoms with Crippen molar-refractivity contribution < 1.29 is 14.3 Å². The van der Waals surface area contributed by atoms with Crippen molar-refractivity contribution in [1.82, 2.24) is 14.9 Å². The van der Waals surface area contributed by atoms with Crippen LogP contribution in [0.5, 0.6) is 0 Å². The van der Waals surface area contributed by atoms with Crippen LogP contribution in [0.25, 0.3) is 10.9 Å². The van der Waals surface area contributed by atoms with Crippen molar-refractivity contribution in [1.29, 1.82) is 0 Å². The first-order valence-electron chi connectivity index (χ1n) is 9.83. The van der Waals surface area contributed by atoms with Crippen molar-refractivity contribution in [2.45, 2.75) is 49.6 Å². The minimum Gasteiger partial charge on any atom is -0.376 e. The topological polar surface area (TPSA) is 82.5 Å². The van der Waals surface area contributed by atoms with Gasteiger partial charge in [0, 0.05) is 19.8 Å². The van der Waals surface area contributed by atoms with Gasteiger partial charge in [0.25, 0.3) is 5.56 Å². The van der Waals surface area contributed by atoms with Crippen molar-refractivity contribution >= 4 is 28.6 Å². The SMILES string of the molecule is O=C(CSc1nc2ccccc2c(=O)n1C[C@H]1CCCO1)NC[C@@H]1CCCO1. The largest absolute Gasteiger partial charge is 0.376 e. The van der Waals surface area contributed by atoms with Gasteiger partial charge in [0.05, 0.1) is 35.4 Å². The number of carbonyl (C=O) groups is 1. The van der Waals surface area contributed by atoms with Crippen LogP contribution in [0.4, 0.5) is 0 Å². The Hall–Kier alpha value is -1.90. The molecular weight excluding hydrogens is 378 g/mol. The molecule has 2 aliphatic rings. The molecule has 0 radical (unpaired) electrons. The second-order valence-electron chi connectivity index (χ2n) is 7.19. The van der Waals surface area contributed by atoms with E-state index in [2.05, 4.69) is 10.3 Å². The maximum atomic E-state index is 13.0. The average Bonchev–Trinajstić information content (AvgIpc) is 3.41. The highest BCUT2D eigenvalue weighted by molar-refractivity contribution is 7.99.